The molecule has 24 heavy (non-hydrogen) atoms. The summed E-state index contributed by atoms with van der Waals surface area (Å²) in [6, 6.07) is 6.19. The molecule has 128 valence electrons. The Hall–Kier alpha value is -2.05. The van der Waals surface area contributed by atoms with Crippen LogP contribution in [0.2, 0.25) is 10.0 Å². The third-order valence-corrected chi connectivity index (χ3v) is 3.78. The summed E-state index contributed by atoms with van der Waals surface area (Å²) >= 11 is 11.8. The Morgan fingerprint density at radius 1 is 1.21 bits per heavy atom. The third-order valence-electron chi connectivity index (χ3n) is 3.21. The minimum absolute atomic E-state index is 0.0819. The van der Waals surface area contributed by atoms with Crippen LogP contribution in [0.5, 0.6) is 0 Å². The van der Waals surface area contributed by atoms with Gasteiger partial charge >= 0.3 is 5.97 Å². The Morgan fingerprint density at radius 3 is 2.58 bits per heavy atom. The molecule has 0 aliphatic rings. The largest absolute Gasteiger partial charge is 0.449 e. The fraction of sp³-hybridized carbons (Fsp3) is 0.312. The number of aromatic nitrogens is 2. The Bertz CT molecular complexity index is 759. The van der Waals surface area contributed by atoms with Gasteiger partial charge in [0.2, 0.25) is 0 Å². The van der Waals surface area contributed by atoms with Crippen LogP contribution < -0.4 is 5.32 Å². The lowest BCUT2D eigenvalue weighted by Crippen LogP contribution is -2.31. The van der Waals surface area contributed by atoms with E-state index < -0.39 is 18.0 Å². The Balaban J connectivity index is 2.04. The molecule has 1 N–H and O–H groups in total. The Morgan fingerprint density at radius 2 is 1.92 bits per heavy atom. The summed E-state index contributed by atoms with van der Waals surface area (Å²) in [6.45, 7) is 5.35. The van der Waals surface area contributed by atoms with Crippen LogP contribution >= 0.6 is 23.2 Å². The van der Waals surface area contributed by atoms with Gasteiger partial charge in [-0.1, -0.05) is 23.2 Å². The lowest BCUT2D eigenvalue weighted by atomic mass is 10.2. The van der Waals surface area contributed by atoms with Crippen molar-refractivity contribution in [1.82, 2.24) is 9.78 Å². The summed E-state index contributed by atoms with van der Waals surface area (Å²) in [7, 11) is 0. The zero-order valence-corrected chi connectivity index (χ0v) is 14.9. The molecule has 6 nitrogen and oxygen atoms in total. The number of nitrogens with zero attached hydrogens (tertiary/aromatic N) is 2. The van der Waals surface area contributed by atoms with E-state index >= 15 is 0 Å². The summed E-state index contributed by atoms with van der Waals surface area (Å²) in [5.41, 5.74) is 0.107. The van der Waals surface area contributed by atoms with E-state index in [0.29, 0.717) is 10.8 Å². The van der Waals surface area contributed by atoms with E-state index in [9.17, 15) is 9.59 Å². The van der Waals surface area contributed by atoms with E-state index in [0.717, 1.165) is 0 Å². The molecule has 1 amide bonds. The highest BCUT2D eigenvalue weighted by atomic mass is 35.5. The van der Waals surface area contributed by atoms with E-state index in [1.54, 1.807) is 23.0 Å². The van der Waals surface area contributed by atoms with Crippen molar-refractivity contribution in [2.24, 2.45) is 0 Å². The molecule has 0 aliphatic heterocycles. The zero-order chi connectivity index (χ0) is 17.9. The number of nitrogens with one attached hydrogen (secondary N) is 1. The maximum Gasteiger partial charge on any atom is 0.340 e. The van der Waals surface area contributed by atoms with Gasteiger partial charge in [-0.2, -0.15) is 5.10 Å². The topological polar surface area (TPSA) is 73.2 Å². The fourth-order valence-corrected chi connectivity index (χ4v) is 2.35. The minimum atomic E-state index is -1.01. The third kappa shape index (κ3) is 4.27. The van der Waals surface area contributed by atoms with Gasteiger partial charge in [0.25, 0.3) is 5.91 Å². The molecule has 1 heterocycles. The molecule has 2 aromatic rings. The number of esters is 1. The van der Waals surface area contributed by atoms with Crippen molar-refractivity contribution in [3.8, 4) is 0 Å². The molecule has 0 spiro atoms. The number of anilines is 1. The van der Waals surface area contributed by atoms with Gasteiger partial charge < -0.3 is 10.1 Å². The molecule has 8 heteroatoms. The first kappa shape index (κ1) is 18.3. The highest BCUT2D eigenvalue weighted by Crippen LogP contribution is 2.22. The van der Waals surface area contributed by atoms with Crippen molar-refractivity contribution in [2.45, 2.75) is 32.9 Å². The van der Waals surface area contributed by atoms with Crippen LogP contribution in [-0.2, 0) is 9.53 Å². The van der Waals surface area contributed by atoms with E-state index in [4.69, 9.17) is 27.9 Å². The molecule has 0 radical (unpaired) electrons. The molecule has 1 aromatic carbocycles. The standard InChI is InChI=1S/C16H17Cl2N3O3/c1-9(2)21-14(6-7-19-21)20-15(22)10(3)24-16(23)12-8-11(17)4-5-13(12)18/h4-10H,1-3H3,(H,20,22)/t10-/m1/s1. The number of amides is 1. The predicted molar refractivity (Wildman–Crippen MR) is 92.6 cm³/mol. The van der Waals surface area contributed by atoms with Gasteiger partial charge in [0.05, 0.1) is 16.8 Å². The van der Waals surface area contributed by atoms with Gasteiger partial charge in [-0.25, -0.2) is 9.48 Å². The van der Waals surface area contributed by atoms with Crippen molar-refractivity contribution in [3.63, 3.8) is 0 Å². The molecule has 0 saturated carbocycles. The Kier molecular flexibility index (Phi) is 5.85. The second-order valence-corrected chi connectivity index (χ2v) is 6.26. The number of hydrogen-bond donors (Lipinski definition) is 1. The smallest absolute Gasteiger partial charge is 0.340 e. The van der Waals surface area contributed by atoms with Crippen LogP contribution in [0.3, 0.4) is 0 Å². The van der Waals surface area contributed by atoms with Crippen molar-refractivity contribution in [2.75, 3.05) is 5.32 Å². The summed E-state index contributed by atoms with van der Waals surface area (Å²) < 4.78 is 6.81. The maximum atomic E-state index is 12.2. The zero-order valence-electron chi connectivity index (χ0n) is 13.4. The number of halogens is 2. The van der Waals surface area contributed by atoms with Crippen molar-refractivity contribution < 1.29 is 14.3 Å². The number of hydrogen-bond acceptors (Lipinski definition) is 4. The van der Waals surface area contributed by atoms with Gasteiger partial charge in [-0.15, -0.1) is 0 Å². The molecule has 0 aliphatic carbocycles. The van der Waals surface area contributed by atoms with Crippen LogP contribution in [0.25, 0.3) is 0 Å². The number of carbonyl (C=O) groups is 2. The first-order valence-corrected chi connectivity index (χ1v) is 8.05. The van der Waals surface area contributed by atoms with Crippen molar-refractivity contribution in [1.29, 1.82) is 0 Å². The first-order valence-electron chi connectivity index (χ1n) is 7.30. The van der Waals surface area contributed by atoms with Gasteiger partial charge in [-0.05, 0) is 39.0 Å². The van der Waals surface area contributed by atoms with Crippen LogP contribution in [0, 0.1) is 0 Å². The second kappa shape index (κ2) is 7.68. The van der Waals surface area contributed by atoms with Crippen molar-refractivity contribution >= 4 is 40.9 Å². The van der Waals surface area contributed by atoms with E-state index in [1.807, 2.05) is 13.8 Å². The molecule has 0 bridgehead atoms. The normalized spacial score (nSPS) is 12.1. The highest BCUT2D eigenvalue weighted by molar-refractivity contribution is 6.35. The number of rotatable bonds is 5. The summed E-state index contributed by atoms with van der Waals surface area (Å²) in [5, 5.41) is 7.35. The summed E-state index contributed by atoms with van der Waals surface area (Å²) in [5.74, 6) is -0.662. The summed E-state index contributed by atoms with van der Waals surface area (Å²) in [6.07, 6.45) is 0.570. The van der Waals surface area contributed by atoms with E-state index in [-0.39, 0.29) is 16.6 Å². The minimum Gasteiger partial charge on any atom is -0.449 e. The van der Waals surface area contributed by atoms with Crippen LogP contribution in [0.1, 0.15) is 37.2 Å². The predicted octanol–water partition coefficient (Wildman–Crippen LogP) is 3.95. The monoisotopic (exact) mass is 369 g/mol. The molecule has 1 atom stereocenters. The maximum absolute atomic E-state index is 12.2. The van der Waals surface area contributed by atoms with Gasteiger partial charge in [0.1, 0.15) is 5.82 Å². The lowest BCUT2D eigenvalue weighted by molar-refractivity contribution is -0.123. The highest BCUT2D eigenvalue weighted by Gasteiger charge is 2.22. The average molecular weight is 370 g/mol. The molecule has 2 rings (SSSR count). The average Bonchev–Trinajstić information content (AvgIpc) is 2.97. The number of benzene rings is 1. The van der Waals surface area contributed by atoms with Crippen LogP contribution in [0.15, 0.2) is 30.5 Å². The van der Waals surface area contributed by atoms with E-state index in [2.05, 4.69) is 10.4 Å². The summed E-state index contributed by atoms with van der Waals surface area (Å²) in [4.78, 5) is 24.4. The molecule has 0 saturated heterocycles. The second-order valence-electron chi connectivity index (χ2n) is 5.42. The quantitative estimate of drug-likeness (QED) is 0.809. The Labute approximate surface area is 149 Å². The number of ether oxygens (including phenoxy) is 1. The first-order chi connectivity index (χ1) is 11.3. The SMILES string of the molecule is CC(C)n1nccc1NC(=O)[C@@H](C)OC(=O)c1cc(Cl)ccc1Cl. The van der Waals surface area contributed by atoms with Gasteiger partial charge in [-0.3, -0.25) is 4.79 Å². The van der Waals surface area contributed by atoms with Gasteiger partial charge in [0, 0.05) is 17.1 Å². The molecule has 0 fully saturated rings. The molecular weight excluding hydrogens is 353 g/mol. The van der Waals surface area contributed by atoms with Crippen LogP contribution in [-0.4, -0.2) is 27.8 Å². The lowest BCUT2D eigenvalue weighted by Gasteiger charge is -2.16. The molecule has 1 aromatic heterocycles. The number of carbonyl (C=O) groups excluding carboxylic acids is 2. The van der Waals surface area contributed by atoms with E-state index in [1.165, 1.54) is 19.1 Å². The van der Waals surface area contributed by atoms with Crippen LogP contribution in [0.4, 0.5) is 5.82 Å². The van der Waals surface area contributed by atoms with Gasteiger partial charge in [0.15, 0.2) is 6.10 Å². The fourth-order valence-electron chi connectivity index (χ4n) is 1.98. The molecule has 0 unspecified atom stereocenters. The molecular formula is C16H17Cl2N3O3. The van der Waals surface area contributed by atoms with Crippen molar-refractivity contribution in [3.05, 3.63) is 46.1 Å².